The first-order valence-corrected chi connectivity index (χ1v) is 8.32. The number of ether oxygens (including phenoxy) is 3. The van der Waals surface area contributed by atoms with Gasteiger partial charge in [0.1, 0.15) is 11.9 Å². The quantitative estimate of drug-likeness (QED) is 0.855. The van der Waals surface area contributed by atoms with Gasteiger partial charge >= 0.3 is 0 Å². The highest BCUT2D eigenvalue weighted by molar-refractivity contribution is 5.95. The summed E-state index contributed by atoms with van der Waals surface area (Å²) in [4.78, 5) is 14.9. The minimum atomic E-state index is -0.00667. The summed E-state index contributed by atoms with van der Waals surface area (Å²) in [6.07, 6.45) is 2.04. The van der Waals surface area contributed by atoms with E-state index in [1.807, 2.05) is 43.0 Å². The number of hydrogen-bond acceptors (Lipinski definition) is 4. The Bertz CT molecular complexity index is 560. The highest BCUT2D eigenvalue weighted by Gasteiger charge is 2.44. The van der Waals surface area contributed by atoms with Crippen molar-refractivity contribution >= 4 is 5.91 Å². The van der Waals surface area contributed by atoms with Gasteiger partial charge in [-0.2, -0.15) is 0 Å². The van der Waals surface area contributed by atoms with Crippen molar-refractivity contribution in [2.75, 3.05) is 20.3 Å². The summed E-state index contributed by atoms with van der Waals surface area (Å²) in [5.74, 6) is 0.783. The Labute approximate surface area is 137 Å². The second-order valence-electron chi connectivity index (χ2n) is 6.45. The summed E-state index contributed by atoms with van der Waals surface area (Å²) in [6.45, 7) is 5.15. The van der Waals surface area contributed by atoms with E-state index in [9.17, 15) is 4.79 Å². The lowest BCUT2D eigenvalue weighted by atomic mass is 10.1. The molecule has 1 amide bonds. The predicted octanol–water partition coefficient (Wildman–Crippen LogP) is 2.49. The zero-order valence-electron chi connectivity index (χ0n) is 14.0. The highest BCUT2D eigenvalue weighted by Crippen LogP contribution is 2.32. The summed E-state index contributed by atoms with van der Waals surface area (Å²) in [5, 5.41) is 0. The van der Waals surface area contributed by atoms with Crippen molar-refractivity contribution in [2.24, 2.45) is 0 Å². The van der Waals surface area contributed by atoms with Crippen LogP contribution in [-0.4, -0.2) is 55.4 Å². The fraction of sp³-hybridized carbons (Fsp3) is 0.611. The minimum Gasteiger partial charge on any atom is -0.491 e. The molecule has 23 heavy (non-hydrogen) atoms. The molecule has 5 heteroatoms. The predicted molar refractivity (Wildman–Crippen MR) is 86.8 cm³/mol. The molecule has 1 saturated carbocycles. The van der Waals surface area contributed by atoms with E-state index in [1.54, 1.807) is 7.11 Å². The smallest absolute Gasteiger partial charge is 0.254 e. The molecule has 1 aromatic rings. The minimum absolute atomic E-state index is 0.00667. The molecule has 0 spiro atoms. The number of methoxy groups -OCH3 is 1. The van der Waals surface area contributed by atoms with Crippen LogP contribution in [0.25, 0.3) is 0 Å². The van der Waals surface area contributed by atoms with Gasteiger partial charge in [-0.25, -0.2) is 0 Å². The molecule has 1 aliphatic carbocycles. The van der Waals surface area contributed by atoms with Crippen molar-refractivity contribution in [2.45, 2.75) is 51.0 Å². The van der Waals surface area contributed by atoms with Gasteiger partial charge in [-0.15, -0.1) is 0 Å². The van der Waals surface area contributed by atoms with Crippen molar-refractivity contribution in [3.05, 3.63) is 29.8 Å². The van der Waals surface area contributed by atoms with Crippen molar-refractivity contribution in [1.82, 2.24) is 4.90 Å². The summed E-state index contributed by atoms with van der Waals surface area (Å²) >= 11 is 0. The molecule has 126 valence electrons. The third-order valence-corrected chi connectivity index (χ3v) is 4.55. The van der Waals surface area contributed by atoms with E-state index in [4.69, 9.17) is 14.2 Å². The molecular weight excluding hydrogens is 294 g/mol. The maximum absolute atomic E-state index is 12.9. The van der Waals surface area contributed by atoms with Crippen LogP contribution in [0.2, 0.25) is 0 Å². The first-order chi connectivity index (χ1) is 11.1. The van der Waals surface area contributed by atoms with Crippen molar-refractivity contribution in [3.63, 3.8) is 0 Å². The fourth-order valence-corrected chi connectivity index (χ4v) is 3.56. The molecule has 3 atom stereocenters. The number of benzene rings is 1. The fourth-order valence-electron chi connectivity index (χ4n) is 3.56. The van der Waals surface area contributed by atoms with Crippen LogP contribution >= 0.6 is 0 Å². The third-order valence-electron chi connectivity index (χ3n) is 4.55. The molecule has 1 heterocycles. The van der Waals surface area contributed by atoms with E-state index < -0.39 is 0 Å². The van der Waals surface area contributed by atoms with Crippen LogP contribution in [0.5, 0.6) is 5.75 Å². The van der Waals surface area contributed by atoms with Gasteiger partial charge in [-0.05, 0) is 44.9 Å². The zero-order chi connectivity index (χ0) is 16.4. The first kappa shape index (κ1) is 16.3. The second kappa shape index (κ2) is 6.89. The molecule has 0 unspecified atom stereocenters. The first-order valence-electron chi connectivity index (χ1n) is 8.32. The lowest BCUT2D eigenvalue weighted by molar-refractivity contribution is -0.0946. The van der Waals surface area contributed by atoms with Gasteiger partial charge in [0.25, 0.3) is 5.91 Å². The van der Waals surface area contributed by atoms with E-state index in [2.05, 4.69) is 0 Å². The van der Waals surface area contributed by atoms with E-state index >= 15 is 0 Å². The summed E-state index contributed by atoms with van der Waals surface area (Å²) in [7, 11) is 1.71. The van der Waals surface area contributed by atoms with Crippen LogP contribution in [0.15, 0.2) is 24.3 Å². The van der Waals surface area contributed by atoms with E-state index in [-0.39, 0.29) is 30.3 Å². The SMILES string of the molecule is CO[C@@H]1CC[C@H]2[C@H]1OCCN2C(=O)c1cccc(OC(C)C)c1. The molecule has 0 N–H and O–H groups in total. The zero-order valence-corrected chi connectivity index (χ0v) is 14.0. The Kier molecular flexibility index (Phi) is 4.87. The van der Waals surface area contributed by atoms with Crippen molar-refractivity contribution < 1.29 is 19.0 Å². The maximum Gasteiger partial charge on any atom is 0.254 e. The number of hydrogen-bond donors (Lipinski definition) is 0. The van der Waals surface area contributed by atoms with Gasteiger partial charge in [-0.3, -0.25) is 4.79 Å². The van der Waals surface area contributed by atoms with Crippen LogP contribution in [0.3, 0.4) is 0 Å². The van der Waals surface area contributed by atoms with E-state index in [0.29, 0.717) is 18.7 Å². The van der Waals surface area contributed by atoms with Gasteiger partial charge in [0.05, 0.1) is 24.9 Å². The Hall–Kier alpha value is -1.59. The summed E-state index contributed by atoms with van der Waals surface area (Å²) in [6, 6.07) is 7.54. The molecule has 0 aromatic heterocycles. The molecule has 0 bridgehead atoms. The average molecular weight is 319 g/mol. The Morgan fingerprint density at radius 2 is 2.17 bits per heavy atom. The van der Waals surface area contributed by atoms with Crippen LogP contribution < -0.4 is 4.74 Å². The lowest BCUT2D eigenvalue weighted by Crippen LogP contribution is -2.53. The van der Waals surface area contributed by atoms with Gasteiger partial charge in [0, 0.05) is 19.2 Å². The standard InChI is InChI=1S/C18H25NO4/c1-12(2)23-14-6-4-5-13(11-14)18(20)19-9-10-22-17-15(19)7-8-16(17)21-3/h4-6,11-12,15-17H,7-10H2,1-3H3/t15-,16+,17+/m0/s1. The Morgan fingerprint density at radius 1 is 1.35 bits per heavy atom. The average Bonchev–Trinajstić information content (AvgIpc) is 2.97. The van der Waals surface area contributed by atoms with Crippen LogP contribution in [0, 0.1) is 0 Å². The van der Waals surface area contributed by atoms with Gasteiger partial charge in [0.2, 0.25) is 0 Å². The molecule has 3 rings (SSSR count). The highest BCUT2D eigenvalue weighted by atomic mass is 16.5. The molecule has 1 saturated heterocycles. The molecule has 2 aliphatic rings. The van der Waals surface area contributed by atoms with Crippen LogP contribution in [0.1, 0.15) is 37.0 Å². The number of amides is 1. The molecule has 2 fully saturated rings. The molecule has 1 aliphatic heterocycles. The molecule has 1 aromatic carbocycles. The lowest BCUT2D eigenvalue weighted by Gasteiger charge is -2.39. The van der Waals surface area contributed by atoms with E-state index in [1.165, 1.54) is 0 Å². The Morgan fingerprint density at radius 3 is 2.91 bits per heavy atom. The molecule has 0 radical (unpaired) electrons. The normalized spacial score (nSPS) is 27.1. The number of morpholine rings is 1. The second-order valence-corrected chi connectivity index (χ2v) is 6.45. The van der Waals surface area contributed by atoms with Gasteiger partial charge < -0.3 is 19.1 Å². The molecule has 5 nitrogen and oxygen atoms in total. The van der Waals surface area contributed by atoms with E-state index in [0.717, 1.165) is 18.6 Å². The van der Waals surface area contributed by atoms with Gasteiger partial charge in [-0.1, -0.05) is 6.07 Å². The number of nitrogens with zero attached hydrogens (tertiary/aromatic N) is 1. The van der Waals surface area contributed by atoms with Crippen molar-refractivity contribution in [3.8, 4) is 5.75 Å². The summed E-state index contributed by atoms with van der Waals surface area (Å²) in [5.41, 5.74) is 0.671. The maximum atomic E-state index is 12.9. The van der Waals surface area contributed by atoms with Crippen LogP contribution in [-0.2, 0) is 9.47 Å². The number of carbonyl (C=O) groups excluding carboxylic acids is 1. The van der Waals surface area contributed by atoms with Crippen molar-refractivity contribution in [1.29, 1.82) is 0 Å². The number of rotatable bonds is 4. The number of fused-ring (bicyclic) bond motifs is 1. The monoisotopic (exact) mass is 319 g/mol. The topological polar surface area (TPSA) is 48.0 Å². The van der Waals surface area contributed by atoms with Gasteiger partial charge in [0.15, 0.2) is 0 Å². The Balaban J connectivity index is 1.77. The van der Waals surface area contributed by atoms with Crippen LogP contribution in [0.4, 0.5) is 0 Å². The number of carbonyl (C=O) groups is 1. The molecular formula is C18H25NO4. The summed E-state index contributed by atoms with van der Waals surface area (Å²) < 4.78 is 17.0. The largest absolute Gasteiger partial charge is 0.491 e. The third kappa shape index (κ3) is 3.35.